The van der Waals surface area contributed by atoms with E-state index in [-0.39, 0.29) is 23.7 Å². The summed E-state index contributed by atoms with van der Waals surface area (Å²) in [6.45, 7) is 2.00. The molecule has 0 spiro atoms. The minimum Gasteiger partial charge on any atom is -0.487 e. The quantitative estimate of drug-likeness (QED) is 0.617. The van der Waals surface area contributed by atoms with Gasteiger partial charge in [0.05, 0.1) is 5.33 Å². The van der Waals surface area contributed by atoms with Crippen LogP contribution in [-0.2, 0) is 6.61 Å². The molecule has 3 aromatic rings. The summed E-state index contributed by atoms with van der Waals surface area (Å²) in [5.41, 5.74) is 1.59. The largest absolute Gasteiger partial charge is 0.487 e. The molecule has 0 atom stereocenters. The molecule has 0 unspecified atom stereocenters. The number of carbonyl (C=O) groups excluding carboxylic acids is 1. The lowest BCUT2D eigenvalue weighted by Crippen LogP contribution is -2.27. The number of hydrogen-bond acceptors (Lipinski definition) is 3. The molecule has 0 saturated heterocycles. The second kappa shape index (κ2) is 7.19. The Balaban J connectivity index is 2.07. The first-order valence-electron chi connectivity index (χ1n) is 7.63. The number of carbonyl (C=O) groups is 1. The predicted molar refractivity (Wildman–Crippen MR) is 98.1 cm³/mol. The lowest BCUT2D eigenvalue weighted by molar-refractivity contribution is 0.0943. The molecule has 0 aliphatic rings. The van der Waals surface area contributed by atoms with E-state index in [9.17, 15) is 14.0 Å². The van der Waals surface area contributed by atoms with Crippen molar-refractivity contribution in [1.29, 1.82) is 0 Å². The second-order valence-corrected chi connectivity index (χ2v) is 6.15. The summed E-state index contributed by atoms with van der Waals surface area (Å²) in [6.07, 6.45) is 0. The Bertz CT molecular complexity index is 1010. The molecule has 4 nitrogen and oxygen atoms in total. The molecule has 3 rings (SSSR count). The zero-order valence-electron chi connectivity index (χ0n) is 13.5. The molecular weight excluding hydrogens is 389 g/mol. The topological polar surface area (TPSA) is 48.3 Å². The van der Waals surface area contributed by atoms with Crippen molar-refractivity contribution < 1.29 is 13.9 Å². The van der Waals surface area contributed by atoms with Crippen molar-refractivity contribution in [3.05, 3.63) is 75.8 Å². The van der Waals surface area contributed by atoms with E-state index >= 15 is 0 Å². The molecule has 2 aromatic carbocycles. The Kier molecular flexibility index (Phi) is 4.99. The molecule has 0 saturated carbocycles. The number of hydrogen-bond donors (Lipinski definition) is 0. The highest BCUT2D eigenvalue weighted by Crippen LogP contribution is 2.26. The van der Waals surface area contributed by atoms with Gasteiger partial charge in [-0.15, -0.1) is 0 Å². The van der Waals surface area contributed by atoms with Gasteiger partial charge in [-0.3, -0.25) is 9.59 Å². The summed E-state index contributed by atoms with van der Waals surface area (Å²) in [4.78, 5) is 24.4. The van der Waals surface area contributed by atoms with Crippen LogP contribution in [0.1, 0.15) is 15.9 Å². The molecule has 25 heavy (non-hydrogen) atoms. The summed E-state index contributed by atoms with van der Waals surface area (Å²) in [5.74, 6) is -0.324. The van der Waals surface area contributed by atoms with Crippen molar-refractivity contribution in [3.63, 3.8) is 0 Å². The zero-order chi connectivity index (χ0) is 18.0. The minimum atomic E-state index is -0.421. The SMILES string of the molecule is Cc1ccc(F)cc1COc1cccc2ccc(=O)n(C(=O)CBr)c12. The monoisotopic (exact) mass is 403 g/mol. The molecule has 6 heteroatoms. The predicted octanol–water partition coefficient (Wildman–Crippen LogP) is 4.06. The van der Waals surface area contributed by atoms with Crippen LogP contribution in [0.2, 0.25) is 0 Å². The summed E-state index contributed by atoms with van der Waals surface area (Å²) in [5, 5.41) is 0.728. The summed E-state index contributed by atoms with van der Waals surface area (Å²) >= 11 is 3.10. The summed E-state index contributed by atoms with van der Waals surface area (Å²) < 4.78 is 20.4. The van der Waals surface area contributed by atoms with Gasteiger partial charge in [-0.2, -0.15) is 0 Å². The van der Waals surface area contributed by atoms with Crippen LogP contribution in [-0.4, -0.2) is 15.8 Å². The molecule has 0 amide bonds. The minimum absolute atomic E-state index is 0.0172. The van der Waals surface area contributed by atoms with Gasteiger partial charge in [0.1, 0.15) is 23.7 Å². The third kappa shape index (κ3) is 3.49. The number of halogens is 2. The van der Waals surface area contributed by atoms with Crippen molar-refractivity contribution in [3.8, 4) is 5.75 Å². The average Bonchev–Trinajstić information content (AvgIpc) is 2.61. The fraction of sp³-hybridized carbons (Fsp3) is 0.158. The van der Waals surface area contributed by atoms with Crippen LogP contribution in [0.5, 0.6) is 5.75 Å². The van der Waals surface area contributed by atoms with Crippen molar-refractivity contribution in [2.75, 3.05) is 5.33 Å². The number of benzene rings is 2. The van der Waals surface area contributed by atoms with E-state index in [2.05, 4.69) is 15.9 Å². The van der Waals surface area contributed by atoms with Crippen molar-refractivity contribution in [2.45, 2.75) is 13.5 Å². The Labute approximate surface area is 152 Å². The number of rotatable bonds is 4. The van der Waals surface area contributed by atoms with E-state index in [1.807, 2.05) is 6.92 Å². The van der Waals surface area contributed by atoms with Gasteiger partial charge in [0.15, 0.2) is 0 Å². The fourth-order valence-corrected chi connectivity index (χ4v) is 2.88. The first kappa shape index (κ1) is 17.4. The smallest absolute Gasteiger partial charge is 0.257 e. The molecule has 0 fully saturated rings. The Hall–Kier alpha value is -2.47. The maximum Gasteiger partial charge on any atom is 0.257 e. The van der Waals surface area contributed by atoms with Crippen LogP contribution < -0.4 is 10.3 Å². The Morgan fingerprint density at radius 2 is 2.00 bits per heavy atom. The molecule has 0 aliphatic heterocycles. The van der Waals surface area contributed by atoms with Gasteiger partial charge >= 0.3 is 0 Å². The second-order valence-electron chi connectivity index (χ2n) is 5.59. The van der Waals surface area contributed by atoms with Crippen LogP contribution in [0.4, 0.5) is 4.39 Å². The Morgan fingerprint density at radius 3 is 2.76 bits per heavy atom. The van der Waals surface area contributed by atoms with Crippen LogP contribution in [0.3, 0.4) is 0 Å². The van der Waals surface area contributed by atoms with Gasteiger partial charge in [0.25, 0.3) is 5.56 Å². The number of para-hydroxylation sites is 1. The van der Waals surface area contributed by atoms with Crippen molar-refractivity contribution in [2.24, 2.45) is 0 Å². The number of fused-ring (bicyclic) bond motifs is 1. The number of alkyl halides is 1. The van der Waals surface area contributed by atoms with E-state index in [1.54, 1.807) is 30.3 Å². The lowest BCUT2D eigenvalue weighted by atomic mass is 10.1. The van der Waals surface area contributed by atoms with Crippen molar-refractivity contribution >= 4 is 32.7 Å². The van der Waals surface area contributed by atoms with Gasteiger partial charge in [0.2, 0.25) is 5.91 Å². The van der Waals surface area contributed by atoms with Crippen LogP contribution in [0, 0.1) is 12.7 Å². The third-order valence-corrected chi connectivity index (χ3v) is 4.42. The first-order chi connectivity index (χ1) is 12.0. The maximum atomic E-state index is 13.4. The van der Waals surface area contributed by atoms with Gasteiger partial charge in [-0.25, -0.2) is 8.96 Å². The highest BCUT2D eigenvalue weighted by atomic mass is 79.9. The van der Waals surface area contributed by atoms with Gasteiger partial charge in [-0.05, 0) is 42.3 Å². The molecule has 0 bridgehead atoms. The van der Waals surface area contributed by atoms with E-state index in [4.69, 9.17) is 4.74 Å². The number of aryl methyl sites for hydroxylation is 1. The first-order valence-corrected chi connectivity index (χ1v) is 8.75. The standard InChI is InChI=1S/C19H15BrFNO3/c1-12-5-7-15(21)9-14(12)11-25-16-4-2-3-13-6-8-17(23)22(19(13)16)18(24)10-20/h2-9H,10-11H2,1H3. The summed E-state index contributed by atoms with van der Waals surface area (Å²) in [7, 11) is 0. The number of aromatic nitrogens is 1. The Morgan fingerprint density at radius 1 is 1.20 bits per heavy atom. The highest BCUT2D eigenvalue weighted by Gasteiger charge is 2.14. The van der Waals surface area contributed by atoms with E-state index in [0.29, 0.717) is 22.2 Å². The highest BCUT2D eigenvalue weighted by molar-refractivity contribution is 9.09. The number of nitrogens with zero attached hydrogens (tertiary/aromatic N) is 1. The molecule has 1 aromatic heterocycles. The van der Waals surface area contributed by atoms with Crippen LogP contribution in [0.25, 0.3) is 10.9 Å². The van der Waals surface area contributed by atoms with Crippen LogP contribution >= 0.6 is 15.9 Å². The lowest BCUT2D eigenvalue weighted by Gasteiger charge is -2.14. The number of pyridine rings is 1. The molecule has 128 valence electrons. The van der Waals surface area contributed by atoms with E-state index < -0.39 is 5.56 Å². The number of ether oxygens (including phenoxy) is 1. The molecular formula is C19H15BrFNO3. The average molecular weight is 404 g/mol. The molecule has 0 aliphatic carbocycles. The van der Waals surface area contributed by atoms with Crippen LogP contribution in [0.15, 0.2) is 53.3 Å². The van der Waals surface area contributed by atoms with Gasteiger partial charge < -0.3 is 4.74 Å². The fourth-order valence-electron chi connectivity index (χ4n) is 2.63. The normalized spacial score (nSPS) is 10.8. The van der Waals surface area contributed by atoms with Crippen molar-refractivity contribution in [1.82, 2.24) is 4.57 Å². The van der Waals surface area contributed by atoms with E-state index in [0.717, 1.165) is 10.1 Å². The third-order valence-electron chi connectivity index (χ3n) is 3.94. The summed E-state index contributed by atoms with van der Waals surface area (Å²) in [6, 6.07) is 12.8. The molecule has 0 N–H and O–H groups in total. The molecule has 0 radical (unpaired) electrons. The van der Waals surface area contributed by atoms with Gasteiger partial charge in [0, 0.05) is 11.5 Å². The van der Waals surface area contributed by atoms with Gasteiger partial charge in [-0.1, -0.05) is 34.1 Å². The molecule has 1 heterocycles. The zero-order valence-corrected chi connectivity index (χ0v) is 15.0. The maximum absolute atomic E-state index is 13.4. The van der Waals surface area contributed by atoms with E-state index in [1.165, 1.54) is 18.2 Å².